The van der Waals surface area contributed by atoms with Crippen molar-refractivity contribution >= 4 is 22.5 Å². The minimum Gasteiger partial charge on any atom is -0.305 e. The average Bonchev–Trinajstić information content (AvgIpc) is 2.83. The number of aryl methyl sites for hydroxylation is 1. The molecule has 1 heterocycles. The number of hydrogen-bond acceptors (Lipinski definition) is 2. The summed E-state index contributed by atoms with van der Waals surface area (Å²) in [6.45, 7) is 8.06. The predicted octanol–water partition coefficient (Wildman–Crippen LogP) is 3.55. The standard InChI is InChI=1S/C15H22ClN3/c1-4-15(3,11-16)17-10-13-12-8-6-7-9-14(12)19(5-2)18-13/h6-9,17H,4-5,10-11H2,1-3H3. The zero-order valence-corrected chi connectivity index (χ0v) is 12.7. The van der Waals surface area contributed by atoms with E-state index < -0.39 is 0 Å². The molecule has 1 unspecified atom stereocenters. The third-order valence-electron chi connectivity index (χ3n) is 3.79. The van der Waals surface area contributed by atoms with E-state index in [0.29, 0.717) is 5.88 Å². The first-order valence-corrected chi connectivity index (χ1v) is 7.42. The van der Waals surface area contributed by atoms with Crippen molar-refractivity contribution in [3.8, 4) is 0 Å². The van der Waals surface area contributed by atoms with Crippen molar-refractivity contribution in [3.63, 3.8) is 0 Å². The maximum Gasteiger partial charge on any atom is 0.0841 e. The van der Waals surface area contributed by atoms with E-state index in [2.05, 4.69) is 55.0 Å². The second-order valence-corrected chi connectivity index (χ2v) is 5.45. The molecular formula is C15H22ClN3. The molecule has 2 aromatic rings. The van der Waals surface area contributed by atoms with E-state index in [4.69, 9.17) is 16.7 Å². The molecule has 0 aliphatic rings. The van der Waals surface area contributed by atoms with Gasteiger partial charge in [-0.3, -0.25) is 4.68 Å². The Hall–Kier alpha value is -1.06. The largest absolute Gasteiger partial charge is 0.305 e. The lowest BCUT2D eigenvalue weighted by atomic mass is 10.0. The fourth-order valence-electron chi connectivity index (χ4n) is 2.13. The average molecular weight is 280 g/mol. The van der Waals surface area contributed by atoms with Gasteiger partial charge in [0, 0.05) is 29.9 Å². The van der Waals surface area contributed by atoms with Crippen LogP contribution in [0, 0.1) is 0 Å². The zero-order valence-electron chi connectivity index (χ0n) is 11.9. The highest BCUT2D eigenvalue weighted by Gasteiger charge is 2.20. The molecule has 3 nitrogen and oxygen atoms in total. The Balaban J connectivity index is 2.26. The summed E-state index contributed by atoms with van der Waals surface area (Å²) in [5.74, 6) is 0.607. The van der Waals surface area contributed by atoms with Crippen LogP contribution in [0.5, 0.6) is 0 Å². The number of halogens is 1. The molecule has 2 rings (SSSR count). The highest BCUT2D eigenvalue weighted by molar-refractivity contribution is 6.18. The summed E-state index contributed by atoms with van der Waals surface area (Å²) in [7, 11) is 0. The first-order chi connectivity index (χ1) is 9.13. The van der Waals surface area contributed by atoms with Gasteiger partial charge in [-0.25, -0.2) is 0 Å². The molecule has 0 fully saturated rings. The topological polar surface area (TPSA) is 29.9 Å². The van der Waals surface area contributed by atoms with E-state index in [0.717, 1.165) is 25.2 Å². The summed E-state index contributed by atoms with van der Waals surface area (Å²) < 4.78 is 2.05. The zero-order chi connectivity index (χ0) is 13.9. The number of nitrogens with zero attached hydrogens (tertiary/aromatic N) is 2. The van der Waals surface area contributed by atoms with Gasteiger partial charge in [0.2, 0.25) is 0 Å². The second kappa shape index (κ2) is 5.93. The van der Waals surface area contributed by atoms with Crippen LogP contribution >= 0.6 is 11.6 Å². The molecule has 104 valence electrons. The number of alkyl halides is 1. The van der Waals surface area contributed by atoms with E-state index >= 15 is 0 Å². The van der Waals surface area contributed by atoms with Crippen molar-refractivity contribution in [2.75, 3.05) is 5.88 Å². The van der Waals surface area contributed by atoms with Crippen molar-refractivity contribution in [2.45, 2.75) is 45.8 Å². The first-order valence-electron chi connectivity index (χ1n) is 6.89. The first kappa shape index (κ1) is 14.4. The Morgan fingerprint density at radius 1 is 1.32 bits per heavy atom. The van der Waals surface area contributed by atoms with Crippen molar-refractivity contribution < 1.29 is 0 Å². The molecule has 1 atom stereocenters. The molecule has 4 heteroatoms. The summed E-state index contributed by atoms with van der Waals surface area (Å²) in [4.78, 5) is 0. The molecule has 0 saturated heterocycles. The summed E-state index contributed by atoms with van der Waals surface area (Å²) >= 11 is 6.04. The van der Waals surface area contributed by atoms with Crippen LogP contribution < -0.4 is 5.32 Å². The Labute approximate surface area is 119 Å². The Bertz CT molecular complexity index is 543. The van der Waals surface area contributed by atoms with Crippen molar-refractivity contribution in [3.05, 3.63) is 30.0 Å². The maximum atomic E-state index is 6.04. The molecule has 0 amide bonds. The summed E-state index contributed by atoms with van der Waals surface area (Å²) in [6, 6.07) is 8.38. The monoisotopic (exact) mass is 279 g/mol. The van der Waals surface area contributed by atoms with Gasteiger partial charge in [-0.15, -0.1) is 11.6 Å². The number of fused-ring (bicyclic) bond motifs is 1. The number of nitrogens with one attached hydrogen (secondary N) is 1. The molecule has 1 N–H and O–H groups in total. The predicted molar refractivity (Wildman–Crippen MR) is 81.7 cm³/mol. The summed E-state index contributed by atoms with van der Waals surface area (Å²) in [6.07, 6.45) is 1.00. The van der Waals surface area contributed by atoms with Gasteiger partial charge < -0.3 is 5.32 Å². The molecule has 0 radical (unpaired) electrons. The second-order valence-electron chi connectivity index (χ2n) is 5.18. The molecule has 0 bridgehead atoms. The number of benzene rings is 1. The fourth-order valence-corrected chi connectivity index (χ4v) is 2.42. The smallest absolute Gasteiger partial charge is 0.0841 e. The van der Waals surface area contributed by atoms with Crippen LogP contribution in [0.3, 0.4) is 0 Å². The fraction of sp³-hybridized carbons (Fsp3) is 0.533. The SMILES string of the molecule is CCn1nc(CNC(C)(CC)CCl)c2ccccc21. The van der Waals surface area contributed by atoms with Gasteiger partial charge in [0.25, 0.3) is 0 Å². The highest BCUT2D eigenvalue weighted by atomic mass is 35.5. The van der Waals surface area contributed by atoms with Crippen LogP contribution in [-0.2, 0) is 13.1 Å². The minimum atomic E-state index is -0.0291. The number of rotatable bonds is 6. The third kappa shape index (κ3) is 2.93. The van der Waals surface area contributed by atoms with Crippen LogP contribution in [0.2, 0.25) is 0 Å². The number of para-hydroxylation sites is 1. The molecule has 19 heavy (non-hydrogen) atoms. The Kier molecular flexibility index (Phi) is 4.48. The van der Waals surface area contributed by atoms with Crippen molar-refractivity contribution in [1.29, 1.82) is 0 Å². The Morgan fingerprint density at radius 2 is 2.05 bits per heavy atom. The van der Waals surface area contributed by atoms with Crippen molar-refractivity contribution in [2.24, 2.45) is 0 Å². The van der Waals surface area contributed by atoms with Crippen LogP contribution in [0.4, 0.5) is 0 Å². The van der Waals surface area contributed by atoms with Gasteiger partial charge in [0.15, 0.2) is 0 Å². The quantitative estimate of drug-likeness (QED) is 0.820. The van der Waals surface area contributed by atoms with Gasteiger partial charge in [0.1, 0.15) is 0 Å². The molecule has 1 aromatic carbocycles. The molecule has 1 aromatic heterocycles. The normalized spacial score (nSPS) is 14.7. The lowest BCUT2D eigenvalue weighted by molar-refractivity contribution is 0.377. The lowest BCUT2D eigenvalue weighted by Gasteiger charge is -2.26. The molecule has 0 saturated carbocycles. The lowest BCUT2D eigenvalue weighted by Crippen LogP contribution is -2.43. The van der Waals surface area contributed by atoms with Gasteiger partial charge in [0.05, 0.1) is 11.2 Å². The van der Waals surface area contributed by atoms with E-state index in [1.165, 1.54) is 10.9 Å². The van der Waals surface area contributed by atoms with Crippen LogP contribution in [0.15, 0.2) is 24.3 Å². The molecule has 0 aliphatic heterocycles. The van der Waals surface area contributed by atoms with Crippen molar-refractivity contribution in [1.82, 2.24) is 15.1 Å². The van der Waals surface area contributed by atoms with E-state index in [-0.39, 0.29) is 5.54 Å². The van der Waals surface area contributed by atoms with E-state index in [1.54, 1.807) is 0 Å². The van der Waals surface area contributed by atoms with Crippen LogP contribution in [0.1, 0.15) is 32.9 Å². The maximum absolute atomic E-state index is 6.04. The molecule has 0 aliphatic carbocycles. The van der Waals surface area contributed by atoms with E-state index in [9.17, 15) is 0 Å². The third-order valence-corrected chi connectivity index (χ3v) is 4.38. The van der Waals surface area contributed by atoms with Gasteiger partial charge >= 0.3 is 0 Å². The van der Waals surface area contributed by atoms with E-state index in [1.807, 2.05) is 0 Å². The number of aromatic nitrogens is 2. The van der Waals surface area contributed by atoms with Crippen LogP contribution in [0.25, 0.3) is 10.9 Å². The molecule has 0 spiro atoms. The highest BCUT2D eigenvalue weighted by Crippen LogP contribution is 2.20. The molecular weight excluding hydrogens is 258 g/mol. The Morgan fingerprint density at radius 3 is 2.68 bits per heavy atom. The number of hydrogen-bond donors (Lipinski definition) is 1. The van der Waals surface area contributed by atoms with Gasteiger partial charge in [-0.1, -0.05) is 25.1 Å². The van der Waals surface area contributed by atoms with Crippen LogP contribution in [-0.4, -0.2) is 21.2 Å². The summed E-state index contributed by atoms with van der Waals surface area (Å²) in [5.41, 5.74) is 2.27. The van der Waals surface area contributed by atoms with Gasteiger partial charge in [-0.05, 0) is 26.3 Å². The summed E-state index contributed by atoms with van der Waals surface area (Å²) in [5, 5.41) is 9.45. The van der Waals surface area contributed by atoms with Gasteiger partial charge in [-0.2, -0.15) is 5.10 Å². The minimum absolute atomic E-state index is 0.0291.